The molecular weight excluding hydrogens is 256 g/mol. The Morgan fingerprint density at radius 3 is 2.59 bits per heavy atom. The van der Waals surface area contributed by atoms with E-state index in [9.17, 15) is 0 Å². The molecule has 5 N–H and O–H groups in total. The molecule has 0 aliphatic heterocycles. The monoisotopic (exact) mass is 270 g/mol. The van der Waals surface area contributed by atoms with E-state index in [0.29, 0.717) is 5.02 Å². The first-order valence-corrected chi connectivity index (χ1v) is 5.92. The summed E-state index contributed by atoms with van der Waals surface area (Å²) in [7, 11) is 0. The zero-order valence-corrected chi connectivity index (χ0v) is 11.3. The van der Waals surface area contributed by atoms with E-state index in [4.69, 9.17) is 35.3 Å². The number of guanidine groups is 1. The maximum atomic E-state index is 6.16. The van der Waals surface area contributed by atoms with Crippen molar-refractivity contribution in [1.82, 2.24) is 0 Å². The molecule has 0 fully saturated rings. The quantitative estimate of drug-likeness (QED) is 0.437. The van der Waals surface area contributed by atoms with Gasteiger partial charge in [-0.2, -0.15) is 4.99 Å². The minimum atomic E-state index is -0.0820. The number of aryl methyl sites for hydroxylation is 2. The lowest BCUT2D eigenvalue weighted by Crippen LogP contribution is -2.25. The Hall–Kier alpha value is -1.33. The molecule has 0 aliphatic carbocycles. The molecule has 0 atom stereocenters. The molecule has 17 heavy (non-hydrogen) atoms. The smallest absolute Gasteiger partial charge is 0.200 e. The van der Waals surface area contributed by atoms with E-state index < -0.39 is 0 Å². The third kappa shape index (κ3) is 3.87. The van der Waals surface area contributed by atoms with Crippen molar-refractivity contribution in [2.45, 2.75) is 20.3 Å². The van der Waals surface area contributed by atoms with Crippen LogP contribution >= 0.6 is 23.8 Å². The molecule has 0 spiro atoms. The van der Waals surface area contributed by atoms with Gasteiger partial charge in [-0.3, -0.25) is 0 Å². The number of nitrogens with zero attached hydrogens (tertiary/aromatic N) is 1. The van der Waals surface area contributed by atoms with Crippen LogP contribution in [0.15, 0.2) is 17.1 Å². The third-order valence-electron chi connectivity index (χ3n) is 2.22. The summed E-state index contributed by atoms with van der Waals surface area (Å²) in [6.45, 7) is 4.02. The Balaban J connectivity index is 3.00. The fraction of sp³-hybridized carbons (Fsp3) is 0.273. The van der Waals surface area contributed by atoms with Crippen LogP contribution < -0.4 is 16.8 Å². The lowest BCUT2D eigenvalue weighted by atomic mass is 10.1. The number of thiocarbonyl (C=S) groups is 1. The molecule has 0 heterocycles. The number of benzene rings is 1. The summed E-state index contributed by atoms with van der Waals surface area (Å²) in [6, 6.07) is 3.95. The second-order valence-electron chi connectivity index (χ2n) is 3.59. The zero-order chi connectivity index (χ0) is 13.0. The van der Waals surface area contributed by atoms with Gasteiger partial charge in [0.2, 0.25) is 5.11 Å². The van der Waals surface area contributed by atoms with Gasteiger partial charge in [0.15, 0.2) is 5.96 Å². The second-order valence-corrected chi connectivity index (χ2v) is 4.38. The van der Waals surface area contributed by atoms with Gasteiger partial charge in [-0.05, 0) is 42.8 Å². The van der Waals surface area contributed by atoms with Crippen LogP contribution in [0.5, 0.6) is 0 Å². The Morgan fingerprint density at radius 2 is 2.12 bits per heavy atom. The van der Waals surface area contributed by atoms with Gasteiger partial charge < -0.3 is 16.8 Å². The third-order valence-corrected chi connectivity index (χ3v) is 2.71. The first-order chi connectivity index (χ1) is 7.93. The van der Waals surface area contributed by atoms with Crippen LogP contribution in [-0.4, -0.2) is 11.1 Å². The average Bonchev–Trinajstić information content (AvgIpc) is 2.22. The predicted octanol–water partition coefficient (Wildman–Crippen LogP) is 2.18. The first kappa shape index (κ1) is 13.7. The molecule has 1 aromatic rings. The molecule has 0 bridgehead atoms. The Kier molecular flexibility index (Phi) is 4.72. The van der Waals surface area contributed by atoms with Gasteiger partial charge in [0.05, 0.1) is 10.7 Å². The molecule has 1 rings (SSSR count). The second kappa shape index (κ2) is 5.84. The lowest BCUT2D eigenvalue weighted by Gasteiger charge is -2.11. The molecule has 92 valence electrons. The summed E-state index contributed by atoms with van der Waals surface area (Å²) >= 11 is 11.1. The molecule has 0 aromatic heterocycles. The van der Waals surface area contributed by atoms with Crippen molar-refractivity contribution in [3.8, 4) is 0 Å². The van der Waals surface area contributed by atoms with Crippen molar-refractivity contribution in [2.24, 2.45) is 16.5 Å². The standard InChI is InChI=1S/C11H15ClN4S/c1-3-7-4-6(2)9(8(12)5-7)15-11(17)16-10(13)14/h4-5H,3H2,1-2H3,(H5,13,14,15,16,17). The van der Waals surface area contributed by atoms with E-state index in [-0.39, 0.29) is 11.1 Å². The summed E-state index contributed by atoms with van der Waals surface area (Å²) in [5.74, 6) is -0.0820. The maximum Gasteiger partial charge on any atom is 0.200 e. The van der Waals surface area contributed by atoms with Crippen LogP contribution in [-0.2, 0) is 6.42 Å². The Bertz CT molecular complexity index is 444. The van der Waals surface area contributed by atoms with Crippen molar-refractivity contribution in [2.75, 3.05) is 5.32 Å². The molecule has 0 saturated heterocycles. The predicted molar refractivity (Wildman–Crippen MR) is 77.6 cm³/mol. The normalized spacial score (nSPS) is 9.82. The van der Waals surface area contributed by atoms with Crippen molar-refractivity contribution >= 4 is 40.6 Å². The summed E-state index contributed by atoms with van der Waals surface area (Å²) in [4.78, 5) is 3.73. The summed E-state index contributed by atoms with van der Waals surface area (Å²) in [5, 5.41) is 3.71. The minimum Gasteiger partial charge on any atom is -0.370 e. The molecule has 0 unspecified atom stereocenters. The SMILES string of the molecule is CCc1cc(C)c(NC(=S)N=C(N)N)c(Cl)c1. The van der Waals surface area contributed by atoms with Gasteiger partial charge in [-0.25, -0.2) is 0 Å². The number of nitrogens with two attached hydrogens (primary N) is 2. The number of aliphatic imine (C=N–C) groups is 1. The number of nitrogens with one attached hydrogen (secondary N) is 1. The van der Waals surface area contributed by atoms with Crippen molar-refractivity contribution in [1.29, 1.82) is 0 Å². The summed E-state index contributed by atoms with van der Waals surface area (Å²) in [5.41, 5.74) is 13.4. The summed E-state index contributed by atoms with van der Waals surface area (Å²) in [6.07, 6.45) is 0.930. The molecule has 0 amide bonds. The molecule has 6 heteroatoms. The highest BCUT2D eigenvalue weighted by atomic mass is 35.5. The maximum absolute atomic E-state index is 6.16. The average molecular weight is 271 g/mol. The van der Waals surface area contributed by atoms with Crippen molar-refractivity contribution in [3.05, 3.63) is 28.3 Å². The van der Waals surface area contributed by atoms with Crippen LogP contribution in [0.25, 0.3) is 0 Å². The number of hydrogen-bond acceptors (Lipinski definition) is 1. The van der Waals surface area contributed by atoms with Crippen LogP contribution in [0.1, 0.15) is 18.1 Å². The molecular formula is C11H15ClN4S. The van der Waals surface area contributed by atoms with Crippen LogP contribution in [0.4, 0.5) is 5.69 Å². The minimum absolute atomic E-state index is 0.0820. The highest BCUT2D eigenvalue weighted by Gasteiger charge is 2.07. The van der Waals surface area contributed by atoms with Gasteiger partial charge in [-0.1, -0.05) is 24.6 Å². The molecule has 0 saturated carbocycles. The fourth-order valence-corrected chi connectivity index (χ4v) is 1.97. The van der Waals surface area contributed by atoms with Gasteiger partial charge in [0, 0.05) is 0 Å². The number of halogens is 1. The largest absolute Gasteiger partial charge is 0.370 e. The highest BCUT2D eigenvalue weighted by molar-refractivity contribution is 7.80. The van der Waals surface area contributed by atoms with Crippen LogP contribution in [0, 0.1) is 6.92 Å². The van der Waals surface area contributed by atoms with E-state index in [0.717, 1.165) is 17.7 Å². The van der Waals surface area contributed by atoms with E-state index in [1.54, 1.807) is 0 Å². The molecule has 0 radical (unpaired) electrons. The van der Waals surface area contributed by atoms with Crippen LogP contribution in [0.2, 0.25) is 5.02 Å². The van der Waals surface area contributed by atoms with E-state index in [2.05, 4.69) is 17.2 Å². The molecule has 1 aromatic carbocycles. The topological polar surface area (TPSA) is 76.4 Å². The van der Waals surface area contributed by atoms with Gasteiger partial charge in [-0.15, -0.1) is 0 Å². The van der Waals surface area contributed by atoms with Gasteiger partial charge in [0.1, 0.15) is 0 Å². The lowest BCUT2D eigenvalue weighted by molar-refractivity contribution is 1.13. The van der Waals surface area contributed by atoms with Crippen molar-refractivity contribution < 1.29 is 0 Å². The Labute approximate surface area is 111 Å². The first-order valence-electron chi connectivity index (χ1n) is 5.13. The Morgan fingerprint density at radius 1 is 1.47 bits per heavy atom. The highest BCUT2D eigenvalue weighted by Crippen LogP contribution is 2.27. The summed E-state index contributed by atoms with van der Waals surface area (Å²) < 4.78 is 0. The van der Waals surface area contributed by atoms with Gasteiger partial charge >= 0.3 is 0 Å². The van der Waals surface area contributed by atoms with E-state index >= 15 is 0 Å². The van der Waals surface area contributed by atoms with Gasteiger partial charge in [0.25, 0.3) is 0 Å². The molecule has 4 nitrogen and oxygen atoms in total. The number of anilines is 1. The molecule has 0 aliphatic rings. The van der Waals surface area contributed by atoms with Crippen LogP contribution in [0.3, 0.4) is 0 Å². The number of hydrogen-bond donors (Lipinski definition) is 3. The number of rotatable bonds is 2. The van der Waals surface area contributed by atoms with Crippen molar-refractivity contribution in [3.63, 3.8) is 0 Å². The zero-order valence-electron chi connectivity index (χ0n) is 9.75. The fourth-order valence-electron chi connectivity index (χ4n) is 1.43. The van der Waals surface area contributed by atoms with E-state index in [1.165, 1.54) is 5.56 Å². The van der Waals surface area contributed by atoms with E-state index in [1.807, 2.05) is 19.1 Å².